The van der Waals surface area contributed by atoms with Gasteiger partial charge in [0.1, 0.15) is 0 Å². The fourth-order valence-electron chi connectivity index (χ4n) is 1.80. The lowest BCUT2D eigenvalue weighted by molar-refractivity contribution is 0.599. The van der Waals surface area contributed by atoms with Gasteiger partial charge in [0.2, 0.25) is 10.0 Å². The van der Waals surface area contributed by atoms with Crippen LogP contribution in [0.3, 0.4) is 0 Å². The molecule has 0 amide bonds. The summed E-state index contributed by atoms with van der Waals surface area (Å²) in [7, 11) is -3.67. The SMILES string of the molecule is Cc1cc(C(C)Nc2ncc(S(N)(=O)=O)s2)c(C)s1. The largest absolute Gasteiger partial charge is 0.355 e. The standard InChI is InChI=1S/C11H15N3O2S3/c1-6-4-9(8(3)17-6)7(2)14-11-13-5-10(18-11)19(12,15)16/h4-5,7H,1-3H3,(H,13,14)(H2,12,15,16). The lowest BCUT2D eigenvalue weighted by Crippen LogP contribution is -2.10. The Morgan fingerprint density at radius 2 is 2.05 bits per heavy atom. The molecular weight excluding hydrogens is 302 g/mol. The van der Waals surface area contributed by atoms with E-state index in [1.165, 1.54) is 21.5 Å². The zero-order valence-electron chi connectivity index (χ0n) is 10.8. The van der Waals surface area contributed by atoms with E-state index >= 15 is 0 Å². The molecule has 0 saturated heterocycles. The third-order valence-electron chi connectivity index (χ3n) is 2.65. The smallest absolute Gasteiger partial charge is 0.249 e. The number of aromatic nitrogens is 1. The maximum atomic E-state index is 11.2. The Kier molecular flexibility index (Phi) is 3.95. The van der Waals surface area contributed by atoms with E-state index in [1.807, 2.05) is 6.92 Å². The van der Waals surface area contributed by atoms with Gasteiger partial charge in [-0.1, -0.05) is 11.3 Å². The van der Waals surface area contributed by atoms with Crippen molar-refractivity contribution in [1.29, 1.82) is 0 Å². The molecule has 0 saturated carbocycles. The minimum atomic E-state index is -3.67. The van der Waals surface area contributed by atoms with Crippen molar-refractivity contribution in [1.82, 2.24) is 4.98 Å². The van der Waals surface area contributed by atoms with Gasteiger partial charge in [0.25, 0.3) is 0 Å². The van der Waals surface area contributed by atoms with E-state index in [-0.39, 0.29) is 10.3 Å². The van der Waals surface area contributed by atoms with Gasteiger partial charge in [-0.25, -0.2) is 18.5 Å². The number of nitrogens with two attached hydrogens (primary N) is 1. The quantitative estimate of drug-likeness (QED) is 0.908. The van der Waals surface area contributed by atoms with Crippen molar-refractivity contribution in [2.24, 2.45) is 5.14 Å². The Hall–Kier alpha value is -0.960. The summed E-state index contributed by atoms with van der Waals surface area (Å²) in [4.78, 5) is 6.54. The van der Waals surface area contributed by atoms with Crippen LogP contribution in [0.5, 0.6) is 0 Å². The molecule has 0 aliphatic rings. The number of primary sulfonamides is 1. The van der Waals surface area contributed by atoms with Crippen molar-refractivity contribution in [2.45, 2.75) is 31.0 Å². The van der Waals surface area contributed by atoms with Crippen LogP contribution in [0.4, 0.5) is 5.13 Å². The first kappa shape index (κ1) is 14.4. The Balaban J connectivity index is 2.18. The highest BCUT2D eigenvalue weighted by molar-refractivity contribution is 7.91. The first-order chi connectivity index (χ1) is 8.77. The number of thiophene rings is 1. The molecule has 0 aromatic carbocycles. The van der Waals surface area contributed by atoms with Crippen LogP contribution in [0.1, 0.15) is 28.3 Å². The van der Waals surface area contributed by atoms with Gasteiger partial charge in [0.15, 0.2) is 9.34 Å². The lowest BCUT2D eigenvalue weighted by atomic mass is 10.1. The average Bonchev–Trinajstić information content (AvgIpc) is 2.84. The average molecular weight is 317 g/mol. The number of hydrogen-bond acceptors (Lipinski definition) is 6. The summed E-state index contributed by atoms with van der Waals surface area (Å²) >= 11 is 2.79. The van der Waals surface area contributed by atoms with Crippen LogP contribution in [0.15, 0.2) is 16.5 Å². The first-order valence-electron chi connectivity index (χ1n) is 5.59. The van der Waals surface area contributed by atoms with Crippen LogP contribution >= 0.6 is 22.7 Å². The lowest BCUT2D eigenvalue weighted by Gasteiger charge is -2.12. The summed E-state index contributed by atoms with van der Waals surface area (Å²) < 4.78 is 22.4. The Morgan fingerprint density at radius 1 is 1.37 bits per heavy atom. The normalized spacial score (nSPS) is 13.5. The number of thiazole rings is 1. The summed E-state index contributed by atoms with van der Waals surface area (Å²) in [5, 5.41) is 8.81. The number of nitrogens with zero attached hydrogens (tertiary/aromatic N) is 1. The van der Waals surface area contributed by atoms with Gasteiger partial charge in [0.05, 0.1) is 12.2 Å². The molecule has 1 unspecified atom stereocenters. The van der Waals surface area contributed by atoms with Crippen LogP contribution in [0, 0.1) is 13.8 Å². The molecule has 5 nitrogen and oxygen atoms in total. The number of anilines is 1. The molecule has 0 aliphatic carbocycles. The number of nitrogens with one attached hydrogen (secondary N) is 1. The maximum absolute atomic E-state index is 11.2. The van der Waals surface area contributed by atoms with Gasteiger partial charge < -0.3 is 5.32 Å². The third-order valence-corrected chi connectivity index (χ3v) is 5.97. The Bertz CT molecular complexity index is 688. The summed E-state index contributed by atoms with van der Waals surface area (Å²) in [6, 6.07) is 2.20. The highest BCUT2D eigenvalue weighted by atomic mass is 32.2. The van der Waals surface area contributed by atoms with Crippen LogP contribution < -0.4 is 10.5 Å². The topological polar surface area (TPSA) is 85.1 Å². The van der Waals surface area contributed by atoms with Crippen LogP contribution in [-0.2, 0) is 10.0 Å². The highest BCUT2D eigenvalue weighted by Gasteiger charge is 2.16. The van der Waals surface area contributed by atoms with Crippen molar-refractivity contribution < 1.29 is 8.42 Å². The Labute approximate surface area is 120 Å². The molecule has 0 radical (unpaired) electrons. The fraction of sp³-hybridized carbons (Fsp3) is 0.364. The van der Waals surface area contributed by atoms with Gasteiger partial charge in [0, 0.05) is 9.75 Å². The van der Waals surface area contributed by atoms with Crippen molar-refractivity contribution in [2.75, 3.05) is 5.32 Å². The fourth-order valence-corrected chi connectivity index (χ4v) is 4.36. The molecule has 0 fully saturated rings. The highest BCUT2D eigenvalue weighted by Crippen LogP contribution is 2.30. The van der Waals surface area contributed by atoms with E-state index in [2.05, 4.69) is 30.2 Å². The van der Waals surface area contributed by atoms with Crippen molar-refractivity contribution in [3.8, 4) is 0 Å². The second kappa shape index (κ2) is 5.20. The van der Waals surface area contributed by atoms with E-state index in [9.17, 15) is 8.42 Å². The van der Waals surface area contributed by atoms with Gasteiger partial charge in [-0.3, -0.25) is 0 Å². The molecule has 19 heavy (non-hydrogen) atoms. The monoisotopic (exact) mass is 317 g/mol. The summed E-state index contributed by atoms with van der Waals surface area (Å²) in [6.07, 6.45) is 1.28. The van der Waals surface area contributed by atoms with Crippen LogP contribution in [0.25, 0.3) is 0 Å². The van der Waals surface area contributed by atoms with Gasteiger partial charge in [-0.15, -0.1) is 11.3 Å². The zero-order valence-corrected chi connectivity index (χ0v) is 13.2. The molecule has 104 valence electrons. The molecule has 0 spiro atoms. The van der Waals surface area contributed by atoms with E-state index in [0.29, 0.717) is 5.13 Å². The minimum Gasteiger partial charge on any atom is -0.355 e. The molecule has 2 aromatic rings. The molecule has 8 heteroatoms. The van der Waals surface area contributed by atoms with Gasteiger partial charge in [-0.05, 0) is 32.4 Å². The number of aryl methyl sites for hydroxylation is 2. The third kappa shape index (κ3) is 3.33. The molecule has 1 atom stereocenters. The predicted molar refractivity (Wildman–Crippen MR) is 79.3 cm³/mol. The molecule has 0 aliphatic heterocycles. The number of rotatable bonds is 4. The maximum Gasteiger partial charge on any atom is 0.249 e. The second-order valence-electron chi connectivity index (χ2n) is 4.26. The van der Waals surface area contributed by atoms with Crippen molar-refractivity contribution in [3.05, 3.63) is 27.6 Å². The van der Waals surface area contributed by atoms with Crippen LogP contribution in [-0.4, -0.2) is 13.4 Å². The number of hydrogen-bond donors (Lipinski definition) is 2. The zero-order chi connectivity index (χ0) is 14.2. The number of sulfonamides is 1. The molecule has 2 aromatic heterocycles. The molecule has 2 heterocycles. The summed E-state index contributed by atoms with van der Waals surface area (Å²) in [5.41, 5.74) is 1.20. The molecule has 3 N–H and O–H groups in total. The first-order valence-corrected chi connectivity index (χ1v) is 8.77. The second-order valence-corrected chi connectivity index (χ2v) is 8.54. The summed E-state index contributed by atoms with van der Waals surface area (Å²) in [5.74, 6) is 0. The van der Waals surface area contributed by atoms with E-state index in [0.717, 1.165) is 11.3 Å². The van der Waals surface area contributed by atoms with Gasteiger partial charge >= 0.3 is 0 Å². The molecule has 2 rings (SSSR count). The molecule has 0 bridgehead atoms. The Morgan fingerprint density at radius 3 is 2.53 bits per heavy atom. The predicted octanol–water partition coefficient (Wildman–Crippen LogP) is 2.64. The molecular formula is C11H15N3O2S3. The van der Waals surface area contributed by atoms with Gasteiger partial charge in [-0.2, -0.15) is 0 Å². The minimum absolute atomic E-state index is 0.0698. The van der Waals surface area contributed by atoms with Crippen LogP contribution in [0.2, 0.25) is 0 Å². The van der Waals surface area contributed by atoms with E-state index in [4.69, 9.17) is 5.14 Å². The van der Waals surface area contributed by atoms with Crippen molar-refractivity contribution >= 4 is 37.8 Å². The van der Waals surface area contributed by atoms with Crippen molar-refractivity contribution in [3.63, 3.8) is 0 Å². The summed E-state index contributed by atoms with van der Waals surface area (Å²) in [6.45, 7) is 6.16. The van der Waals surface area contributed by atoms with E-state index < -0.39 is 10.0 Å². The van der Waals surface area contributed by atoms with E-state index in [1.54, 1.807) is 11.3 Å².